The number of benzene rings is 1. The summed E-state index contributed by atoms with van der Waals surface area (Å²) in [5, 5.41) is 23.2. The SMILES string of the molecule is COC(=O)[C@@H](CCCCC#N)NC(=O)[C@@H](NC(=O)OCc1ccccc1)[C@@H](C)O. The van der Waals surface area contributed by atoms with E-state index in [4.69, 9.17) is 10.00 Å². The van der Waals surface area contributed by atoms with Crippen LogP contribution in [0.1, 0.15) is 38.2 Å². The Hall–Kier alpha value is -3.12. The molecule has 9 heteroatoms. The van der Waals surface area contributed by atoms with Gasteiger partial charge in [0.1, 0.15) is 18.7 Å². The van der Waals surface area contributed by atoms with E-state index in [1.807, 2.05) is 12.1 Å². The smallest absolute Gasteiger partial charge is 0.408 e. The first kappa shape index (κ1) is 23.9. The van der Waals surface area contributed by atoms with Crippen molar-refractivity contribution in [3.8, 4) is 6.07 Å². The van der Waals surface area contributed by atoms with E-state index >= 15 is 0 Å². The molecule has 0 aliphatic rings. The van der Waals surface area contributed by atoms with Gasteiger partial charge >= 0.3 is 12.1 Å². The van der Waals surface area contributed by atoms with Crippen molar-refractivity contribution in [2.24, 2.45) is 0 Å². The minimum atomic E-state index is -1.32. The zero-order valence-electron chi connectivity index (χ0n) is 16.6. The third-order valence-electron chi connectivity index (χ3n) is 4.08. The van der Waals surface area contributed by atoms with Crippen LogP contribution >= 0.6 is 0 Å². The summed E-state index contributed by atoms with van der Waals surface area (Å²) in [6.07, 6.45) is -0.393. The van der Waals surface area contributed by atoms with E-state index in [0.29, 0.717) is 19.3 Å². The van der Waals surface area contributed by atoms with Gasteiger partial charge in [-0.15, -0.1) is 0 Å². The number of esters is 1. The molecule has 0 aromatic heterocycles. The zero-order valence-corrected chi connectivity index (χ0v) is 16.6. The predicted molar refractivity (Wildman–Crippen MR) is 103 cm³/mol. The molecule has 2 amide bonds. The average Bonchev–Trinajstić information content (AvgIpc) is 2.72. The van der Waals surface area contributed by atoms with E-state index in [0.717, 1.165) is 5.56 Å². The number of nitrogens with one attached hydrogen (secondary N) is 2. The van der Waals surface area contributed by atoms with Crippen molar-refractivity contribution in [2.75, 3.05) is 7.11 Å². The van der Waals surface area contributed by atoms with Gasteiger partial charge in [-0.25, -0.2) is 9.59 Å². The van der Waals surface area contributed by atoms with Crippen LogP contribution in [-0.2, 0) is 25.7 Å². The number of carbonyl (C=O) groups is 3. The molecule has 9 nitrogen and oxygen atoms in total. The molecule has 0 spiro atoms. The Balaban J connectivity index is 2.64. The Bertz CT molecular complexity index is 702. The molecular weight excluding hydrogens is 378 g/mol. The molecule has 0 saturated carbocycles. The van der Waals surface area contributed by atoms with Crippen molar-refractivity contribution in [1.82, 2.24) is 10.6 Å². The molecule has 0 unspecified atom stereocenters. The molecule has 0 fully saturated rings. The number of hydrogen-bond acceptors (Lipinski definition) is 7. The number of rotatable bonds is 11. The Morgan fingerprint density at radius 1 is 1.17 bits per heavy atom. The first-order valence-electron chi connectivity index (χ1n) is 9.29. The third kappa shape index (κ3) is 9.08. The molecule has 0 heterocycles. The first-order valence-corrected chi connectivity index (χ1v) is 9.29. The lowest BCUT2D eigenvalue weighted by atomic mass is 10.1. The van der Waals surface area contributed by atoms with Crippen LogP contribution in [0.25, 0.3) is 0 Å². The molecule has 158 valence electrons. The normalized spacial score (nSPS) is 13.3. The van der Waals surface area contributed by atoms with Crippen molar-refractivity contribution in [3.63, 3.8) is 0 Å². The molecule has 29 heavy (non-hydrogen) atoms. The predicted octanol–water partition coefficient (Wildman–Crippen LogP) is 1.40. The van der Waals surface area contributed by atoms with Gasteiger partial charge in [-0.3, -0.25) is 4.79 Å². The summed E-state index contributed by atoms with van der Waals surface area (Å²) in [5.41, 5.74) is 0.767. The lowest BCUT2D eigenvalue weighted by molar-refractivity contribution is -0.145. The summed E-state index contributed by atoms with van der Waals surface area (Å²) in [6, 6.07) is 8.72. The fourth-order valence-corrected chi connectivity index (χ4v) is 2.50. The van der Waals surface area contributed by atoms with E-state index in [-0.39, 0.29) is 13.0 Å². The standard InChI is InChI=1S/C20H27N3O6/c1-14(24)17(23-20(27)29-13-15-9-5-3-6-10-15)18(25)22-16(19(26)28-2)11-7-4-8-12-21/h3,5-6,9-10,14,16-17,24H,4,7-8,11,13H2,1-2H3,(H,22,25)(H,23,27)/t14-,16-,17+/m1/s1. The number of amides is 2. The minimum Gasteiger partial charge on any atom is -0.467 e. The van der Waals surface area contributed by atoms with Crippen molar-refractivity contribution < 1.29 is 29.0 Å². The maximum atomic E-state index is 12.5. The third-order valence-corrected chi connectivity index (χ3v) is 4.08. The van der Waals surface area contributed by atoms with Crippen molar-refractivity contribution in [3.05, 3.63) is 35.9 Å². The number of hydrogen-bond donors (Lipinski definition) is 3. The molecule has 0 radical (unpaired) electrons. The Labute approximate surface area is 170 Å². The van der Waals surface area contributed by atoms with Gasteiger partial charge in [0, 0.05) is 6.42 Å². The van der Waals surface area contributed by atoms with Crippen molar-refractivity contribution >= 4 is 18.0 Å². The Kier molecular flexibility index (Phi) is 10.8. The highest BCUT2D eigenvalue weighted by molar-refractivity contribution is 5.90. The number of methoxy groups -OCH3 is 1. The molecule has 3 atom stereocenters. The van der Waals surface area contributed by atoms with Gasteiger partial charge in [-0.1, -0.05) is 30.3 Å². The quantitative estimate of drug-likeness (QED) is 0.374. The number of carbonyl (C=O) groups excluding carboxylic acids is 3. The van der Waals surface area contributed by atoms with E-state index in [1.165, 1.54) is 14.0 Å². The molecule has 0 aliphatic heterocycles. The van der Waals surface area contributed by atoms with Crippen LogP contribution in [0, 0.1) is 11.3 Å². The van der Waals surface area contributed by atoms with Crippen molar-refractivity contribution in [2.45, 2.75) is 57.4 Å². The van der Waals surface area contributed by atoms with Crippen LogP contribution in [0.15, 0.2) is 30.3 Å². The average molecular weight is 405 g/mol. The summed E-state index contributed by atoms with van der Waals surface area (Å²) in [5.74, 6) is -1.39. The molecule has 1 rings (SSSR count). The highest BCUT2D eigenvalue weighted by Crippen LogP contribution is 2.07. The lowest BCUT2D eigenvalue weighted by Crippen LogP contribution is -2.55. The molecule has 1 aromatic rings. The second-order valence-corrected chi connectivity index (χ2v) is 6.41. The van der Waals surface area contributed by atoms with Gasteiger partial charge in [0.15, 0.2) is 0 Å². The topological polar surface area (TPSA) is 138 Å². The minimum absolute atomic E-state index is 0.00446. The maximum Gasteiger partial charge on any atom is 0.408 e. The van der Waals surface area contributed by atoms with Gasteiger partial charge in [-0.2, -0.15) is 5.26 Å². The first-order chi connectivity index (χ1) is 13.9. The Morgan fingerprint density at radius 2 is 1.86 bits per heavy atom. The fraction of sp³-hybridized carbons (Fsp3) is 0.500. The number of nitriles is 1. The van der Waals surface area contributed by atoms with Gasteiger partial charge in [0.05, 0.1) is 19.3 Å². The second-order valence-electron chi connectivity index (χ2n) is 6.41. The molecule has 0 aliphatic carbocycles. The van der Waals surface area contributed by atoms with E-state index in [1.54, 1.807) is 24.3 Å². The summed E-state index contributed by atoms with van der Waals surface area (Å²) in [7, 11) is 1.20. The van der Waals surface area contributed by atoms with Gasteiger partial charge < -0.3 is 25.2 Å². The largest absolute Gasteiger partial charge is 0.467 e. The van der Waals surface area contributed by atoms with Crippen LogP contribution in [0.2, 0.25) is 0 Å². The monoisotopic (exact) mass is 405 g/mol. The van der Waals surface area contributed by atoms with E-state index < -0.39 is 36.2 Å². The fourth-order valence-electron chi connectivity index (χ4n) is 2.50. The number of alkyl carbamates (subject to hydrolysis) is 1. The number of aliphatic hydroxyl groups excluding tert-OH is 1. The van der Waals surface area contributed by atoms with Crippen LogP contribution in [0.5, 0.6) is 0 Å². The lowest BCUT2D eigenvalue weighted by Gasteiger charge is -2.23. The molecule has 1 aromatic carbocycles. The molecule has 0 saturated heterocycles. The van der Waals surface area contributed by atoms with Crippen molar-refractivity contribution in [1.29, 1.82) is 5.26 Å². The van der Waals surface area contributed by atoms with Gasteiger partial charge in [-0.05, 0) is 31.7 Å². The number of aliphatic hydroxyl groups is 1. The summed E-state index contributed by atoms with van der Waals surface area (Å²) >= 11 is 0. The van der Waals surface area contributed by atoms with E-state index in [9.17, 15) is 19.5 Å². The molecule has 0 bridgehead atoms. The molecule has 3 N–H and O–H groups in total. The van der Waals surface area contributed by atoms with Gasteiger partial charge in [0.25, 0.3) is 0 Å². The van der Waals surface area contributed by atoms with E-state index in [2.05, 4.69) is 15.4 Å². The number of ether oxygens (including phenoxy) is 2. The van der Waals surface area contributed by atoms with Gasteiger partial charge in [0.2, 0.25) is 5.91 Å². The van der Waals surface area contributed by atoms with Crippen LogP contribution in [-0.4, -0.2) is 48.4 Å². The van der Waals surface area contributed by atoms with Crippen LogP contribution < -0.4 is 10.6 Å². The zero-order chi connectivity index (χ0) is 21.6. The summed E-state index contributed by atoms with van der Waals surface area (Å²) < 4.78 is 9.75. The Morgan fingerprint density at radius 3 is 2.45 bits per heavy atom. The maximum absolute atomic E-state index is 12.5. The highest BCUT2D eigenvalue weighted by atomic mass is 16.5. The summed E-state index contributed by atoms with van der Waals surface area (Å²) in [4.78, 5) is 36.4. The molecular formula is C20H27N3O6. The number of nitrogens with zero attached hydrogens (tertiary/aromatic N) is 1. The second kappa shape index (κ2) is 13.1. The number of unbranched alkanes of at least 4 members (excludes halogenated alkanes) is 2. The van der Waals surface area contributed by atoms with Crippen LogP contribution in [0.4, 0.5) is 4.79 Å². The summed E-state index contributed by atoms with van der Waals surface area (Å²) in [6.45, 7) is 1.34. The van der Waals surface area contributed by atoms with Crippen LogP contribution in [0.3, 0.4) is 0 Å². The highest BCUT2D eigenvalue weighted by Gasteiger charge is 2.30.